The van der Waals surface area contributed by atoms with Gasteiger partial charge in [-0.3, -0.25) is 4.79 Å². The van der Waals surface area contributed by atoms with Gasteiger partial charge in [0, 0.05) is 23.7 Å². The maximum Gasteiger partial charge on any atom is 0.416 e. The van der Waals surface area contributed by atoms with Crippen LogP contribution in [0.25, 0.3) is 0 Å². The molecule has 2 rings (SSSR count). The highest BCUT2D eigenvalue weighted by Gasteiger charge is 2.30. The van der Waals surface area contributed by atoms with Gasteiger partial charge in [-0.1, -0.05) is 6.07 Å². The van der Waals surface area contributed by atoms with Crippen molar-refractivity contribution in [1.82, 2.24) is 0 Å². The van der Waals surface area contributed by atoms with Crippen LogP contribution in [0, 0.1) is 0 Å². The second-order valence-electron chi connectivity index (χ2n) is 5.79. The Morgan fingerprint density at radius 2 is 1.89 bits per heavy atom. The predicted molar refractivity (Wildman–Crippen MR) is 93.8 cm³/mol. The van der Waals surface area contributed by atoms with Crippen molar-refractivity contribution in [2.75, 3.05) is 19.5 Å². The lowest BCUT2D eigenvalue weighted by atomic mass is 10.0. The number of halogens is 3. The lowest BCUT2D eigenvalue weighted by Gasteiger charge is -2.16. The number of ether oxygens (including phenoxy) is 2. The summed E-state index contributed by atoms with van der Waals surface area (Å²) in [4.78, 5) is 12.0. The molecular weight excluding hydrogens is 363 g/mol. The monoisotopic (exact) mass is 383 g/mol. The molecule has 0 aromatic heterocycles. The molecule has 2 N–H and O–H groups in total. The van der Waals surface area contributed by atoms with Gasteiger partial charge in [0.25, 0.3) is 0 Å². The predicted octanol–water partition coefficient (Wildman–Crippen LogP) is 4.17. The van der Waals surface area contributed by atoms with Crippen molar-refractivity contribution in [2.45, 2.75) is 25.1 Å². The number of anilines is 1. The molecule has 0 saturated heterocycles. The van der Waals surface area contributed by atoms with Crippen LogP contribution in [0.3, 0.4) is 0 Å². The fraction of sp³-hybridized carbons (Fsp3) is 0.316. The number of nitrogens with one attached hydrogen (secondary N) is 1. The Bertz CT molecular complexity index is 793. The molecule has 1 atom stereocenters. The normalized spacial score (nSPS) is 12.4. The summed E-state index contributed by atoms with van der Waals surface area (Å²) in [5.41, 5.74) is -0.306. The van der Waals surface area contributed by atoms with Crippen molar-refractivity contribution >= 4 is 11.6 Å². The molecule has 0 radical (unpaired) electrons. The number of carbonyl (C=O) groups excluding carboxylic acids is 1. The summed E-state index contributed by atoms with van der Waals surface area (Å²) < 4.78 is 48.4. The molecule has 1 unspecified atom stereocenters. The third-order valence-electron chi connectivity index (χ3n) is 3.92. The average Bonchev–Trinajstić information content (AvgIpc) is 2.65. The van der Waals surface area contributed by atoms with E-state index in [4.69, 9.17) is 9.47 Å². The number of aliphatic hydroxyl groups excluding tert-OH is 1. The molecule has 2 aromatic carbocycles. The molecule has 0 bridgehead atoms. The zero-order valence-electron chi connectivity index (χ0n) is 14.8. The van der Waals surface area contributed by atoms with E-state index in [-0.39, 0.29) is 18.5 Å². The lowest BCUT2D eigenvalue weighted by molar-refractivity contribution is -0.137. The van der Waals surface area contributed by atoms with E-state index in [1.165, 1.54) is 26.4 Å². The first-order chi connectivity index (χ1) is 12.7. The van der Waals surface area contributed by atoms with Gasteiger partial charge in [0.15, 0.2) is 0 Å². The summed E-state index contributed by atoms with van der Waals surface area (Å²) in [6.07, 6.45) is -5.46. The van der Waals surface area contributed by atoms with Gasteiger partial charge in [-0.2, -0.15) is 13.2 Å². The summed E-state index contributed by atoms with van der Waals surface area (Å²) in [6, 6.07) is 9.28. The van der Waals surface area contributed by atoms with Crippen LogP contribution in [-0.2, 0) is 11.0 Å². The minimum absolute atomic E-state index is 0.0475. The summed E-state index contributed by atoms with van der Waals surface area (Å²) in [5, 5.41) is 12.7. The number of hydrogen-bond acceptors (Lipinski definition) is 4. The van der Waals surface area contributed by atoms with Crippen LogP contribution >= 0.6 is 0 Å². The van der Waals surface area contributed by atoms with Crippen molar-refractivity contribution in [3.05, 3.63) is 53.6 Å². The van der Waals surface area contributed by atoms with Crippen LogP contribution in [-0.4, -0.2) is 25.2 Å². The number of methoxy groups -OCH3 is 2. The van der Waals surface area contributed by atoms with E-state index in [1.54, 1.807) is 18.2 Å². The molecule has 0 saturated carbocycles. The Morgan fingerprint density at radius 1 is 1.15 bits per heavy atom. The van der Waals surface area contributed by atoms with E-state index in [1.807, 2.05) is 0 Å². The van der Waals surface area contributed by atoms with Crippen LogP contribution < -0.4 is 14.8 Å². The number of rotatable bonds is 7. The van der Waals surface area contributed by atoms with Crippen LogP contribution in [0.2, 0.25) is 0 Å². The third-order valence-corrected chi connectivity index (χ3v) is 3.92. The quantitative estimate of drug-likeness (QED) is 0.753. The summed E-state index contributed by atoms with van der Waals surface area (Å²) in [7, 11) is 2.95. The Balaban J connectivity index is 1.98. The average molecular weight is 383 g/mol. The highest BCUT2D eigenvalue weighted by atomic mass is 19.4. The molecule has 0 aliphatic carbocycles. The van der Waals surface area contributed by atoms with Crippen molar-refractivity contribution in [1.29, 1.82) is 0 Å². The standard InChI is InChI=1S/C19H20F3NO4/c1-26-14-6-7-15(17(11-14)27-2)16(24)8-9-18(25)23-13-5-3-4-12(10-13)19(20,21)22/h3-7,10-11,16,24H,8-9H2,1-2H3,(H,23,25). The van der Waals surface area contributed by atoms with Gasteiger partial charge in [0.1, 0.15) is 11.5 Å². The Morgan fingerprint density at radius 3 is 2.52 bits per heavy atom. The molecule has 0 fully saturated rings. The fourth-order valence-electron chi connectivity index (χ4n) is 2.51. The summed E-state index contributed by atoms with van der Waals surface area (Å²) in [6.45, 7) is 0. The molecule has 0 aliphatic rings. The Kier molecular flexibility index (Phi) is 6.68. The molecule has 1 amide bonds. The minimum atomic E-state index is -4.48. The van der Waals surface area contributed by atoms with E-state index in [2.05, 4.69) is 5.32 Å². The summed E-state index contributed by atoms with van der Waals surface area (Å²) in [5.74, 6) is 0.478. The first-order valence-electron chi connectivity index (χ1n) is 8.11. The second-order valence-corrected chi connectivity index (χ2v) is 5.79. The zero-order valence-corrected chi connectivity index (χ0v) is 14.8. The van der Waals surface area contributed by atoms with Crippen molar-refractivity contribution < 1.29 is 32.5 Å². The smallest absolute Gasteiger partial charge is 0.416 e. The van der Waals surface area contributed by atoms with Gasteiger partial charge in [-0.05, 0) is 36.8 Å². The molecule has 0 spiro atoms. The molecule has 2 aromatic rings. The molecular formula is C19H20F3NO4. The maximum atomic E-state index is 12.7. The van der Waals surface area contributed by atoms with Gasteiger partial charge in [-0.15, -0.1) is 0 Å². The highest BCUT2D eigenvalue weighted by Crippen LogP contribution is 2.32. The van der Waals surface area contributed by atoms with Crippen LogP contribution in [0.15, 0.2) is 42.5 Å². The number of hydrogen-bond donors (Lipinski definition) is 2. The molecule has 27 heavy (non-hydrogen) atoms. The number of amides is 1. The number of benzene rings is 2. The zero-order chi connectivity index (χ0) is 20.0. The van der Waals surface area contributed by atoms with Crippen LogP contribution in [0.5, 0.6) is 11.5 Å². The van der Waals surface area contributed by atoms with Crippen LogP contribution in [0.1, 0.15) is 30.1 Å². The second kappa shape index (κ2) is 8.77. The molecule has 5 nitrogen and oxygen atoms in total. The van der Waals surface area contributed by atoms with Crippen LogP contribution in [0.4, 0.5) is 18.9 Å². The summed E-state index contributed by atoms with van der Waals surface area (Å²) >= 11 is 0. The Labute approximate surface area is 154 Å². The largest absolute Gasteiger partial charge is 0.497 e. The topological polar surface area (TPSA) is 67.8 Å². The van der Waals surface area contributed by atoms with Crippen molar-refractivity contribution in [3.8, 4) is 11.5 Å². The number of carbonyl (C=O) groups is 1. The molecule has 8 heteroatoms. The van der Waals surface area contributed by atoms with E-state index in [0.29, 0.717) is 17.1 Å². The van der Waals surface area contributed by atoms with Gasteiger partial charge in [0.05, 0.1) is 25.9 Å². The Hall–Kier alpha value is -2.74. The van der Waals surface area contributed by atoms with E-state index >= 15 is 0 Å². The van der Waals surface area contributed by atoms with E-state index < -0.39 is 23.8 Å². The third kappa shape index (κ3) is 5.62. The minimum Gasteiger partial charge on any atom is -0.497 e. The van der Waals surface area contributed by atoms with Gasteiger partial charge in [-0.25, -0.2) is 0 Å². The SMILES string of the molecule is COc1ccc(C(O)CCC(=O)Nc2cccc(C(F)(F)F)c2)c(OC)c1. The first-order valence-corrected chi connectivity index (χ1v) is 8.11. The van der Waals surface area contributed by atoms with Crippen molar-refractivity contribution in [3.63, 3.8) is 0 Å². The highest BCUT2D eigenvalue weighted by molar-refractivity contribution is 5.90. The number of alkyl halides is 3. The van der Waals surface area contributed by atoms with Gasteiger partial charge >= 0.3 is 6.18 Å². The fourth-order valence-corrected chi connectivity index (χ4v) is 2.51. The van der Waals surface area contributed by atoms with E-state index in [9.17, 15) is 23.1 Å². The first kappa shape index (κ1) is 20.6. The molecule has 146 valence electrons. The number of aliphatic hydroxyl groups is 1. The molecule has 0 aliphatic heterocycles. The molecule has 0 heterocycles. The van der Waals surface area contributed by atoms with E-state index in [0.717, 1.165) is 12.1 Å². The van der Waals surface area contributed by atoms with Gasteiger partial charge < -0.3 is 19.9 Å². The maximum absolute atomic E-state index is 12.7. The van der Waals surface area contributed by atoms with Crippen molar-refractivity contribution in [2.24, 2.45) is 0 Å². The lowest BCUT2D eigenvalue weighted by Crippen LogP contribution is -2.14. The van der Waals surface area contributed by atoms with Gasteiger partial charge in [0.2, 0.25) is 5.91 Å².